The van der Waals surface area contributed by atoms with Crippen molar-refractivity contribution in [2.75, 3.05) is 20.1 Å². The fourth-order valence-corrected chi connectivity index (χ4v) is 5.61. The van der Waals surface area contributed by atoms with Crippen molar-refractivity contribution < 1.29 is 9.59 Å². The average molecular weight is 450 g/mol. The first-order chi connectivity index (χ1) is 14.8. The summed E-state index contributed by atoms with van der Waals surface area (Å²) >= 11 is 0. The Hall–Kier alpha value is -1.04. The maximum Gasteiger partial charge on any atom is 0.212 e. The minimum absolute atomic E-state index is 0. The van der Waals surface area contributed by atoms with Gasteiger partial charge in [0.05, 0.1) is 6.04 Å². The third kappa shape index (κ3) is 7.78. The molecule has 2 aliphatic heterocycles. The van der Waals surface area contributed by atoms with E-state index in [-0.39, 0.29) is 23.5 Å². The second-order valence-corrected chi connectivity index (χ2v) is 10.7. The van der Waals surface area contributed by atoms with Crippen LogP contribution in [0.2, 0.25) is 0 Å². The van der Waals surface area contributed by atoms with Gasteiger partial charge in [-0.05, 0) is 71.4 Å². The van der Waals surface area contributed by atoms with Crippen LogP contribution in [-0.2, 0) is 9.59 Å². The largest absolute Gasteiger partial charge is 0.344 e. The average Bonchev–Trinajstić information content (AvgIpc) is 3.17. The van der Waals surface area contributed by atoms with Crippen LogP contribution < -0.4 is 6.15 Å². The predicted molar refractivity (Wildman–Crippen MR) is 135 cm³/mol. The zero-order valence-electron chi connectivity index (χ0n) is 21.7. The molecule has 0 aromatic rings. The smallest absolute Gasteiger partial charge is 0.212 e. The number of carbonyl (C=O) groups is 2. The van der Waals surface area contributed by atoms with Crippen LogP contribution in [0.4, 0.5) is 0 Å². The van der Waals surface area contributed by atoms with Gasteiger partial charge in [-0.15, -0.1) is 0 Å². The zero-order chi connectivity index (χ0) is 22.9. The summed E-state index contributed by atoms with van der Waals surface area (Å²) in [7, 11) is 2.20. The number of aldehydes is 1. The summed E-state index contributed by atoms with van der Waals surface area (Å²) in [5, 5.41) is 0. The number of ketones is 1. The van der Waals surface area contributed by atoms with Gasteiger partial charge in [-0.25, -0.2) is 0 Å². The Balaban J connectivity index is 0.00000512. The van der Waals surface area contributed by atoms with Gasteiger partial charge in [-0.1, -0.05) is 64.5 Å². The Bertz CT molecular complexity index is 589. The molecule has 2 aliphatic rings. The molecule has 186 valence electrons. The second kappa shape index (κ2) is 14.3. The molecule has 2 heterocycles. The van der Waals surface area contributed by atoms with Gasteiger partial charge in [-0.3, -0.25) is 14.5 Å². The highest BCUT2D eigenvalue weighted by atomic mass is 16.2. The van der Waals surface area contributed by atoms with Gasteiger partial charge in [0.25, 0.3) is 0 Å². The third-order valence-electron chi connectivity index (χ3n) is 8.34. The standard InChI is InChI=1S/C27H48N2O2.H3N/c1-6-7-8-9-10-11-12-13-14-15-16-23-19-25(26(31)21-30)29(20-23)24-17-18-28(5)27(3,4)22(24)2;/h14-15,21-25H,6-13,16-20H2,1-5H3;1H3. The summed E-state index contributed by atoms with van der Waals surface area (Å²) in [6, 6.07) is 0.160. The molecule has 2 saturated heterocycles. The summed E-state index contributed by atoms with van der Waals surface area (Å²) < 4.78 is 0. The van der Waals surface area contributed by atoms with E-state index in [0.29, 0.717) is 24.2 Å². The molecule has 4 atom stereocenters. The van der Waals surface area contributed by atoms with E-state index in [1.165, 1.54) is 51.4 Å². The Morgan fingerprint density at radius 2 is 1.72 bits per heavy atom. The molecule has 3 N–H and O–H groups in total. The lowest BCUT2D eigenvalue weighted by molar-refractivity contribution is -0.134. The number of hydrogen-bond donors (Lipinski definition) is 1. The summed E-state index contributed by atoms with van der Waals surface area (Å²) in [5.41, 5.74) is 0.103. The molecule has 5 nitrogen and oxygen atoms in total. The molecule has 0 aromatic carbocycles. The molecule has 2 rings (SSSR count). The van der Waals surface area contributed by atoms with Gasteiger partial charge in [0, 0.05) is 18.1 Å². The fourth-order valence-electron chi connectivity index (χ4n) is 5.61. The van der Waals surface area contributed by atoms with Gasteiger partial charge in [0.2, 0.25) is 5.78 Å². The van der Waals surface area contributed by atoms with Gasteiger partial charge >= 0.3 is 0 Å². The van der Waals surface area contributed by atoms with E-state index in [9.17, 15) is 9.59 Å². The molecule has 0 radical (unpaired) electrons. The summed E-state index contributed by atoms with van der Waals surface area (Å²) in [5.74, 6) is 0.715. The lowest BCUT2D eigenvalue weighted by Gasteiger charge is -2.52. The van der Waals surface area contributed by atoms with Crippen LogP contribution in [-0.4, -0.2) is 59.6 Å². The summed E-state index contributed by atoms with van der Waals surface area (Å²) in [6.45, 7) is 11.2. The molecule has 5 heteroatoms. The number of allylic oxidation sites excluding steroid dienone is 2. The van der Waals surface area contributed by atoms with Crippen LogP contribution >= 0.6 is 0 Å². The van der Waals surface area contributed by atoms with Crippen LogP contribution in [0, 0.1) is 11.8 Å². The molecular weight excluding hydrogens is 398 g/mol. The van der Waals surface area contributed by atoms with Gasteiger partial charge in [-0.2, -0.15) is 0 Å². The van der Waals surface area contributed by atoms with E-state index in [0.717, 1.165) is 32.4 Å². The van der Waals surface area contributed by atoms with Crippen LogP contribution in [0.5, 0.6) is 0 Å². The quantitative estimate of drug-likeness (QED) is 0.166. The van der Waals surface area contributed by atoms with Crippen molar-refractivity contribution in [2.24, 2.45) is 11.8 Å². The van der Waals surface area contributed by atoms with E-state index in [1.807, 2.05) is 0 Å². The Kier molecular flexibility index (Phi) is 12.9. The lowest BCUT2D eigenvalue weighted by atomic mass is 9.76. The molecule has 0 amide bonds. The van der Waals surface area contributed by atoms with E-state index in [2.05, 4.69) is 56.7 Å². The van der Waals surface area contributed by atoms with Crippen molar-refractivity contribution in [3.8, 4) is 0 Å². The van der Waals surface area contributed by atoms with Gasteiger partial charge in [0.1, 0.15) is 0 Å². The number of rotatable bonds is 13. The Morgan fingerprint density at radius 3 is 2.38 bits per heavy atom. The number of carbonyl (C=O) groups excluding carboxylic acids is 2. The van der Waals surface area contributed by atoms with E-state index >= 15 is 0 Å². The van der Waals surface area contributed by atoms with E-state index in [4.69, 9.17) is 0 Å². The normalized spacial score (nSPS) is 28.7. The Labute approximate surface area is 198 Å². The van der Waals surface area contributed by atoms with E-state index < -0.39 is 0 Å². The molecule has 0 saturated carbocycles. The molecule has 32 heavy (non-hydrogen) atoms. The van der Waals surface area contributed by atoms with Gasteiger partial charge in [0.15, 0.2) is 6.29 Å². The molecule has 0 aliphatic carbocycles. The van der Waals surface area contributed by atoms with Crippen molar-refractivity contribution in [3.05, 3.63) is 12.2 Å². The lowest BCUT2D eigenvalue weighted by Crippen LogP contribution is -2.61. The first-order valence-corrected chi connectivity index (χ1v) is 12.9. The number of nitrogens with zero attached hydrogens (tertiary/aromatic N) is 2. The molecule has 4 unspecified atom stereocenters. The predicted octanol–water partition coefficient (Wildman–Crippen LogP) is 5.81. The zero-order valence-corrected chi connectivity index (χ0v) is 21.7. The number of Topliss-reactive ketones (excluding diaryl/α,β-unsaturated/α-hetero) is 1. The van der Waals surface area contributed by atoms with Crippen molar-refractivity contribution in [3.63, 3.8) is 0 Å². The highest BCUT2D eigenvalue weighted by Crippen LogP contribution is 2.39. The van der Waals surface area contributed by atoms with Crippen molar-refractivity contribution in [1.29, 1.82) is 0 Å². The highest BCUT2D eigenvalue weighted by molar-refractivity contribution is 6.27. The van der Waals surface area contributed by atoms with Crippen molar-refractivity contribution >= 4 is 12.1 Å². The van der Waals surface area contributed by atoms with Crippen LogP contribution in [0.1, 0.15) is 98.3 Å². The van der Waals surface area contributed by atoms with E-state index in [1.54, 1.807) is 0 Å². The van der Waals surface area contributed by atoms with Gasteiger partial charge < -0.3 is 11.1 Å². The van der Waals surface area contributed by atoms with Crippen LogP contribution in [0.3, 0.4) is 0 Å². The maximum absolute atomic E-state index is 12.4. The highest BCUT2D eigenvalue weighted by Gasteiger charge is 2.47. The fraction of sp³-hybridized carbons (Fsp3) is 0.852. The molecule has 0 spiro atoms. The van der Waals surface area contributed by atoms with Crippen molar-refractivity contribution in [1.82, 2.24) is 16.0 Å². The number of likely N-dealkylation sites (tertiary alicyclic amines) is 2. The molecule has 2 fully saturated rings. The second-order valence-electron chi connectivity index (χ2n) is 10.7. The molecular formula is C27H51N3O2. The van der Waals surface area contributed by atoms with Crippen LogP contribution in [0.25, 0.3) is 0 Å². The number of piperidine rings is 1. The van der Waals surface area contributed by atoms with Crippen molar-refractivity contribution in [2.45, 2.75) is 116 Å². The third-order valence-corrected chi connectivity index (χ3v) is 8.34. The minimum atomic E-state index is -0.224. The minimum Gasteiger partial charge on any atom is -0.344 e. The summed E-state index contributed by atoms with van der Waals surface area (Å²) in [4.78, 5) is 28.6. The Morgan fingerprint density at radius 1 is 1.06 bits per heavy atom. The summed E-state index contributed by atoms with van der Waals surface area (Å²) in [6.07, 6.45) is 18.8. The monoisotopic (exact) mass is 449 g/mol. The molecule has 0 bridgehead atoms. The number of unbranched alkanes of at least 4 members (excludes halogenated alkanes) is 7. The SMILES string of the molecule is CCCCCCCCCC=CCC1CC(C(=O)C=O)N(C2CCN(C)C(C)(C)C2C)C1.N. The first kappa shape index (κ1) is 29.0. The maximum atomic E-state index is 12.4. The van der Waals surface area contributed by atoms with Crippen LogP contribution in [0.15, 0.2) is 12.2 Å². The molecule has 0 aromatic heterocycles. The topological polar surface area (TPSA) is 75.6 Å². The number of hydrogen-bond acceptors (Lipinski definition) is 5. The first-order valence-electron chi connectivity index (χ1n) is 12.9.